The van der Waals surface area contributed by atoms with Crippen LogP contribution in [-0.2, 0) is 10.0 Å². The van der Waals surface area contributed by atoms with Crippen molar-refractivity contribution in [2.45, 2.75) is 11.8 Å². The van der Waals surface area contributed by atoms with Gasteiger partial charge in [0.1, 0.15) is 0 Å². The first kappa shape index (κ1) is 18.9. The molecule has 0 aliphatic carbocycles. The van der Waals surface area contributed by atoms with E-state index in [0.717, 1.165) is 11.5 Å². The molecule has 0 saturated carbocycles. The van der Waals surface area contributed by atoms with Gasteiger partial charge in [0, 0.05) is 37.4 Å². The maximum atomic E-state index is 12.8. The second-order valence-corrected chi connectivity index (χ2v) is 8.87. The van der Waals surface area contributed by atoms with Gasteiger partial charge in [-0.15, -0.1) is 10.2 Å². The van der Waals surface area contributed by atoms with Crippen LogP contribution >= 0.6 is 11.6 Å². The van der Waals surface area contributed by atoms with E-state index < -0.39 is 10.0 Å². The zero-order valence-electron chi connectivity index (χ0n) is 15.2. The molecule has 0 atom stereocenters. The Kier molecular flexibility index (Phi) is 5.05. The van der Waals surface area contributed by atoms with Crippen molar-refractivity contribution in [3.63, 3.8) is 0 Å². The molecule has 0 spiro atoms. The smallest absolute Gasteiger partial charge is 0.243 e. The zero-order chi connectivity index (χ0) is 19.7. The van der Waals surface area contributed by atoms with Crippen molar-refractivity contribution >= 4 is 27.4 Å². The number of nitrogens with zero attached hydrogens (tertiary/aromatic N) is 6. The lowest BCUT2D eigenvalue weighted by Crippen LogP contribution is -2.49. The third-order valence-electron chi connectivity index (χ3n) is 4.61. The summed E-state index contributed by atoms with van der Waals surface area (Å²) in [5.41, 5.74) is 0.906. The topological polar surface area (TPSA) is 84.2 Å². The predicted molar refractivity (Wildman–Crippen MR) is 106 cm³/mol. The fourth-order valence-corrected chi connectivity index (χ4v) is 4.61. The average Bonchev–Trinajstić information content (AvgIpc) is 3.15. The van der Waals surface area contributed by atoms with E-state index >= 15 is 0 Å². The van der Waals surface area contributed by atoms with Gasteiger partial charge >= 0.3 is 0 Å². The van der Waals surface area contributed by atoms with Crippen molar-refractivity contribution in [2.24, 2.45) is 0 Å². The quantitative estimate of drug-likeness (QED) is 0.645. The van der Waals surface area contributed by atoms with Gasteiger partial charge in [-0.1, -0.05) is 11.6 Å². The molecule has 4 rings (SSSR count). The summed E-state index contributed by atoms with van der Waals surface area (Å²) >= 11 is 5.85. The highest BCUT2D eigenvalue weighted by Crippen LogP contribution is 2.21. The van der Waals surface area contributed by atoms with Gasteiger partial charge in [0.25, 0.3) is 0 Å². The monoisotopic (exact) mass is 418 g/mol. The van der Waals surface area contributed by atoms with Gasteiger partial charge in [-0.05, 0) is 49.4 Å². The molecule has 3 heterocycles. The highest BCUT2D eigenvalue weighted by molar-refractivity contribution is 7.89. The van der Waals surface area contributed by atoms with E-state index in [4.69, 9.17) is 11.6 Å². The number of sulfonamides is 1. The summed E-state index contributed by atoms with van der Waals surface area (Å²) in [6.45, 7) is 3.76. The minimum absolute atomic E-state index is 0.254. The largest absolute Gasteiger partial charge is 0.352 e. The molecule has 0 bridgehead atoms. The Morgan fingerprint density at radius 2 is 1.54 bits per heavy atom. The molecule has 0 radical (unpaired) electrons. The van der Waals surface area contributed by atoms with Crippen LogP contribution in [0.1, 0.15) is 5.69 Å². The normalized spacial score (nSPS) is 15.7. The molecular formula is C18H19ClN6O2S. The molecule has 2 aromatic heterocycles. The third-order valence-corrected chi connectivity index (χ3v) is 6.77. The summed E-state index contributed by atoms with van der Waals surface area (Å²) in [5.74, 6) is 1.36. The first-order valence-corrected chi connectivity index (χ1v) is 10.6. The van der Waals surface area contributed by atoms with Gasteiger partial charge in [-0.2, -0.15) is 9.40 Å². The van der Waals surface area contributed by atoms with Crippen LogP contribution in [0.15, 0.2) is 53.6 Å². The highest BCUT2D eigenvalue weighted by atomic mass is 35.5. The van der Waals surface area contributed by atoms with Crippen molar-refractivity contribution in [1.82, 2.24) is 24.3 Å². The molecule has 1 aliphatic heterocycles. The van der Waals surface area contributed by atoms with Crippen LogP contribution in [-0.4, -0.2) is 58.9 Å². The number of piperazine rings is 1. The minimum Gasteiger partial charge on any atom is -0.352 e. The van der Waals surface area contributed by atoms with Gasteiger partial charge in [0.15, 0.2) is 11.6 Å². The van der Waals surface area contributed by atoms with Gasteiger partial charge in [-0.3, -0.25) is 0 Å². The fraction of sp³-hybridized carbons (Fsp3) is 0.278. The van der Waals surface area contributed by atoms with Crippen LogP contribution < -0.4 is 4.90 Å². The summed E-state index contributed by atoms with van der Waals surface area (Å²) in [6.07, 6.45) is 1.83. The molecule has 146 valence electrons. The molecule has 3 aromatic rings. The summed E-state index contributed by atoms with van der Waals surface area (Å²) in [6, 6.07) is 11.9. The number of benzene rings is 1. The number of anilines is 1. The fourth-order valence-electron chi connectivity index (χ4n) is 3.06. The minimum atomic E-state index is -3.52. The molecule has 0 amide bonds. The van der Waals surface area contributed by atoms with Crippen LogP contribution in [0.2, 0.25) is 5.02 Å². The van der Waals surface area contributed by atoms with Crippen molar-refractivity contribution in [3.05, 3.63) is 59.4 Å². The molecule has 0 N–H and O–H groups in total. The van der Waals surface area contributed by atoms with Gasteiger partial charge in [-0.25, -0.2) is 13.1 Å². The Morgan fingerprint density at radius 1 is 0.893 bits per heavy atom. The summed E-state index contributed by atoms with van der Waals surface area (Å²) in [7, 11) is -3.52. The second kappa shape index (κ2) is 7.50. The Morgan fingerprint density at radius 3 is 2.11 bits per heavy atom. The van der Waals surface area contributed by atoms with E-state index in [-0.39, 0.29) is 4.90 Å². The number of aromatic nitrogens is 4. The highest BCUT2D eigenvalue weighted by Gasteiger charge is 2.29. The maximum Gasteiger partial charge on any atom is 0.243 e. The van der Waals surface area contributed by atoms with E-state index in [0.29, 0.717) is 37.0 Å². The van der Waals surface area contributed by atoms with E-state index in [9.17, 15) is 8.42 Å². The Bertz CT molecular complexity index is 1060. The molecule has 0 unspecified atom stereocenters. The molecule has 8 nitrogen and oxygen atoms in total. The van der Waals surface area contributed by atoms with Gasteiger partial charge in [0.05, 0.1) is 10.6 Å². The van der Waals surface area contributed by atoms with Crippen molar-refractivity contribution in [2.75, 3.05) is 31.1 Å². The number of halogens is 1. The molecule has 1 fully saturated rings. The van der Waals surface area contributed by atoms with E-state index in [1.807, 2.05) is 36.2 Å². The number of aryl methyl sites for hydroxylation is 1. The molecule has 1 aliphatic rings. The zero-order valence-corrected chi connectivity index (χ0v) is 16.8. The van der Waals surface area contributed by atoms with Crippen molar-refractivity contribution < 1.29 is 8.42 Å². The van der Waals surface area contributed by atoms with Crippen LogP contribution in [0.3, 0.4) is 0 Å². The first-order chi connectivity index (χ1) is 13.4. The SMILES string of the molecule is Cc1ccn(-c2ccc(N3CCN(S(=O)(=O)c4ccc(Cl)cc4)CC3)nn2)n1. The summed E-state index contributed by atoms with van der Waals surface area (Å²) < 4.78 is 28.7. The Hall–Kier alpha value is -2.49. The lowest BCUT2D eigenvalue weighted by Gasteiger charge is -2.34. The lowest BCUT2D eigenvalue weighted by atomic mass is 10.3. The first-order valence-electron chi connectivity index (χ1n) is 8.80. The average molecular weight is 419 g/mol. The van der Waals surface area contributed by atoms with E-state index in [2.05, 4.69) is 15.3 Å². The molecule has 10 heteroatoms. The predicted octanol–water partition coefficient (Wildman–Crippen LogP) is 2.14. The lowest BCUT2D eigenvalue weighted by molar-refractivity contribution is 0.383. The third kappa shape index (κ3) is 3.73. The van der Waals surface area contributed by atoms with Crippen LogP contribution in [0.5, 0.6) is 0 Å². The van der Waals surface area contributed by atoms with Crippen LogP contribution in [0.25, 0.3) is 5.82 Å². The van der Waals surface area contributed by atoms with Crippen LogP contribution in [0.4, 0.5) is 5.82 Å². The van der Waals surface area contributed by atoms with Crippen molar-refractivity contribution in [3.8, 4) is 5.82 Å². The number of rotatable bonds is 4. The second-order valence-electron chi connectivity index (χ2n) is 6.50. The molecular weight excluding hydrogens is 400 g/mol. The standard InChI is InChI=1S/C18H19ClN6O2S/c1-14-8-9-25(22-14)18-7-6-17(20-21-18)23-10-12-24(13-11-23)28(26,27)16-4-2-15(19)3-5-16/h2-9H,10-13H2,1H3. The van der Waals surface area contributed by atoms with Gasteiger partial charge < -0.3 is 4.90 Å². The van der Waals surface area contributed by atoms with E-state index in [1.54, 1.807) is 16.8 Å². The molecule has 28 heavy (non-hydrogen) atoms. The van der Waals surface area contributed by atoms with Crippen molar-refractivity contribution in [1.29, 1.82) is 0 Å². The Balaban J connectivity index is 1.43. The summed E-state index contributed by atoms with van der Waals surface area (Å²) in [5, 5.41) is 13.3. The summed E-state index contributed by atoms with van der Waals surface area (Å²) in [4.78, 5) is 2.28. The van der Waals surface area contributed by atoms with Crippen LogP contribution in [0, 0.1) is 6.92 Å². The number of hydrogen-bond donors (Lipinski definition) is 0. The van der Waals surface area contributed by atoms with Gasteiger partial charge in [0.2, 0.25) is 10.0 Å². The Labute approximate surface area is 168 Å². The molecule has 1 aromatic carbocycles. The number of hydrogen-bond acceptors (Lipinski definition) is 6. The maximum absolute atomic E-state index is 12.8. The molecule has 1 saturated heterocycles. The van der Waals surface area contributed by atoms with E-state index in [1.165, 1.54) is 16.4 Å².